The predicted octanol–water partition coefficient (Wildman–Crippen LogP) is 0.295. The van der Waals surface area contributed by atoms with Crippen LogP contribution in [0.3, 0.4) is 0 Å². The third-order valence-electron chi connectivity index (χ3n) is 2.86. The first kappa shape index (κ1) is 14.4. The summed E-state index contributed by atoms with van der Waals surface area (Å²) in [5.74, 6) is 0.0219. The second-order valence-electron chi connectivity index (χ2n) is 4.71. The fourth-order valence-corrected chi connectivity index (χ4v) is 2.04. The summed E-state index contributed by atoms with van der Waals surface area (Å²) in [5.41, 5.74) is 0. The molecule has 0 bridgehead atoms. The third-order valence-corrected chi connectivity index (χ3v) is 2.86. The molecule has 0 aromatic heterocycles. The van der Waals surface area contributed by atoms with Crippen molar-refractivity contribution in [3.63, 3.8) is 0 Å². The molecule has 3 unspecified atom stereocenters. The van der Waals surface area contributed by atoms with Crippen LogP contribution in [-0.2, 0) is 14.3 Å². The van der Waals surface area contributed by atoms with E-state index in [4.69, 9.17) is 9.47 Å². The third kappa shape index (κ3) is 6.00. The minimum absolute atomic E-state index is 0.0219. The molecule has 0 aliphatic carbocycles. The van der Waals surface area contributed by atoms with E-state index in [-0.39, 0.29) is 18.1 Å². The molecule has 1 saturated heterocycles. The summed E-state index contributed by atoms with van der Waals surface area (Å²) in [6.07, 6.45) is 2.24. The Kier molecular flexibility index (Phi) is 6.47. The van der Waals surface area contributed by atoms with Crippen LogP contribution < -0.4 is 10.6 Å². The molecule has 3 atom stereocenters. The van der Waals surface area contributed by atoms with Crippen molar-refractivity contribution >= 4 is 5.91 Å². The Morgan fingerprint density at radius 2 is 2.35 bits per heavy atom. The molecule has 1 rings (SSSR count). The number of carbonyl (C=O) groups excluding carboxylic acids is 1. The number of methoxy groups -OCH3 is 1. The van der Waals surface area contributed by atoms with Gasteiger partial charge >= 0.3 is 0 Å². The molecule has 100 valence electrons. The van der Waals surface area contributed by atoms with Crippen LogP contribution in [0.25, 0.3) is 0 Å². The molecule has 0 spiro atoms. The van der Waals surface area contributed by atoms with Crippen molar-refractivity contribution in [2.24, 2.45) is 0 Å². The number of hydrogen-bond donors (Lipinski definition) is 2. The van der Waals surface area contributed by atoms with Crippen molar-refractivity contribution in [2.75, 3.05) is 26.9 Å². The molecule has 0 aromatic rings. The number of hydrogen-bond acceptors (Lipinski definition) is 4. The zero-order valence-electron chi connectivity index (χ0n) is 11.0. The van der Waals surface area contributed by atoms with Crippen molar-refractivity contribution in [1.29, 1.82) is 0 Å². The number of amides is 1. The second-order valence-corrected chi connectivity index (χ2v) is 4.71. The van der Waals surface area contributed by atoms with Gasteiger partial charge in [0, 0.05) is 25.8 Å². The number of rotatable bonds is 6. The Labute approximate surface area is 103 Å². The normalized spacial score (nSPS) is 26.5. The summed E-state index contributed by atoms with van der Waals surface area (Å²) in [6.45, 7) is 5.68. The molecule has 0 saturated carbocycles. The van der Waals surface area contributed by atoms with E-state index < -0.39 is 0 Å². The van der Waals surface area contributed by atoms with E-state index in [1.54, 1.807) is 7.11 Å². The highest BCUT2D eigenvalue weighted by molar-refractivity contribution is 5.78. The van der Waals surface area contributed by atoms with Gasteiger partial charge in [-0.15, -0.1) is 0 Å². The molecule has 5 heteroatoms. The van der Waals surface area contributed by atoms with Crippen LogP contribution in [-0.4, -0.2) is 51.0 Å². The van der Waals surface area contributed by atoms with Crippen molar-refractivity contribution < 1.29 is 14.3 Å². The van der Waals surface area contributed by atoms with Gasteiger partial charge in [0.15, 0.2) is 0 Å². The molecule has 5 nitrogen and oxygen atoms in total. The maximum absolute atomic E-state index is 11.6. The van der Waals surface area contributed by atoms with Crippen LogP contribution in [0.15, 0.2) is 0 Å². The van der Waals surface area contributed by atoms with Crippen molar-refractivity contribution in [2.45, 2.75) is 44.9 Å². The van der Waals surface area contributed by atoms with E-state index in [1.165, 1.54) is 0 Å². The highest BCUT2D eigenvalue weighted by atomic mass is 16.5. The molecule has 1 fully saturated rings. The van der Waals surface area contributed by atoms with Crippen LogP contribution >= 0.6 is 0 Å². The summed E-state index contributed by atoms with van der Waals surface area (Å²) in [5, 5.41) is 6.14. The lowest BCUT2D eigenvalue weighted by molar-refractivity contribution is -0.121. The summed E-state index contributed by atoms with van der Waals surface area (Å²) in [7, 11) is 1.63. The van der Waals surface area contributed by atoms with E-state index in [1.807, 2.05) is 6.92 Å². The van der Waals surface area contributed by atoms with Crippen LogP contribution in [0, 0.1) is 0 Å². The van der Waals surface area contributed by atoms with Gasteiger partial charge in [-0.25, -0.2) is 0 Å². The average Bonchev–Trinajstić information content (AvgIpc) is 2.27. The Morgan fingerprint density at radius 1 is 1.59 bits per heavy atom. The zero-order chi connectivity index (χ0) is 12.7. The molecule has 0 aromatic carbocycles. The van der Waals surface area contributed by atoms with E-state index in [2.05, 4.69) is 17.6 Å². The Hall–Kier alpha value is -0.650. The first-order chi connectivity index (χ1) is 8.11. The minimum Gasteiger partial charge on any atom is -0.383 e. The molecule has 17 heavy (non-hydrogen) atoms. The lowest BCUT2D eigenvalue weighted by Crippen LogP contribution is -2.45. The average molecular weight is 244 g/mol. The summed E-state index contributed by atoms with van der Waals surface area (Å²) in [6, 6.07) is 0.449. The maximum atomic E-state index is 11.6. The van der Waals surface area contributed by atoms with E-state index >= 15 is 0 Å². The fraction of sp³-hybridized carbons (Fsp3) is 0.917. The van der Waals surface area contributed by atoms with Gasteiger partial charge in [-0.3, -0.25) is 4.79 Å². The number of carbonyl (C=O) groups is 1. The van der Waals surface area contributed by atoms with E-state index in [0.717, 1.165) is 19.4 Å². The van der Waals surface area contributed by atoms with Crippen molar-refractivity contribution in [3.8, 4) is 0 Å². The fourth-order valence-electron chi connectivity index (χ4n) is 2.04. The number of ether oxygens (including phenoxy) is 2. The zero-order valence-corrected chi connectivity index (χ0v) is 11.0. The van der Waals surface area contributed by atoms with Gasteiger partial charge < -0.3 is 20.1 Å². The SMILES string of the molecule is COCC(C)NC(=O)CNC1CCOC(C)C1. The minimum atomic E-state index is 0.0219. The largest absolute Gasteiger partial charge is 0.383 e. The molecule has 1 heterocycles. The smallest absolute Gasteiger partial charge is 0.234 e. The van der Waals surface area contributed by atoms with Crippen molar-refractivity contribution in [1.82, 2.24) is 10.6 Å². The van der Waals surface area contributed by atoms with E-state index in [0.29, 0.717) is 19.2 Å². The monoisotopic (exact) mass is 244 g/mol. The predicted molar refractivity (Wildman–Crippen MR) is 65.9 cm³/mol. The molecule has 0 radical (unpaired) electrons. The topological polar surface area (TPSA) is 59.6 Å². The number of nitrogens with one attached hydrogen (secondary N) is 2. The highest BCUT2D eigenvalue weighted by Crippen LogP contribution is 2.12. The lowest BCUT2D eigenvalue weighted by Gasteiger charge is -2.28. The molecule has 1 aliphatic rings. The molecule has 1 aliphatic heterocycles. The molecular weight excluding hydrogens is 220 g/mol. The van der Waals surface area contributed by atoms with Gasteiger partial charge in [0.2, 0.25) is 5.91 Å². The molecule has 1 amide bonds. The van der Waals surface area contributed by atoms with Gasteiger partial charge in [0.05, 0.1) is 19.3 Å². The first-order valence-corrected chi connectivity index (χ1v) is 6.25. The highest BCUT2D eigenvalue weighted by Gasteiger charge is 2.19. The van der Waals surface area contributed by atoms with Crippen LogP contribution in [0.5, 0.6) is 0 Å². The summed E-state index contributed by atoms with van der Waals surface area (Å²) >= 11 is 0. The van der Waals surface area contributed by atoms with Crippen molar-refractivity contribution in [3.05, 3.63) is 0 Å². The van der Waals surface area contributed by atoms with Gasteiger partial charge in [-0.05, 0) is 26.7 Å². The van der Waals surface area contributed by atoms with Gasteiger partial charge in [-0.2, -0.15) is 0 Å². The summed E-state index contributed by atoms with van der Waals surface area (Å²) in [4.78, 5) is 11.6. The molecule has 2 N–H and O–H groups in total. The molecular formula is C12H24N2O3. The summed E-state index contributed by atoms with van der Waals surface area (Å²) < 4.78 is 10.4. The Bertz CT molecular complexity index is 236. The second kappa shape index (κ2) is 7.63. The maximum Gasteiger partial charge on any atom is 0.234 e. The van der Waals surface area contributed by atoms with E-state index in [9.17, 15) is 4.79 Å². The van der Waals surface area contributed by atoms with Crippen LogP contribution in [0.1, 0.15) is 26.7 Å². The van der Waals surface area contributed by atoms with Gasteiger partial charge in [0.25, 0.3) is 0 Å². The van der Waals surface area contributed by atoms with Crippen LogP contribution in [0.2, 0.25) is 0 Å². The van der Waals surface area contributed by atoms with Crippen LogP contribution in [0.4, 0.5) is 0 Å². The Balaban J connectivity index is 2.14. The lowest BCUT2D eigenvalue weighted by atomic mass is 10.0. The quantitative estimate of drug-likeness (QED) is 0.705. The Morgan fingerprint density at radius 3 is 3.00 bits per heavy atom. The standard InChI is InChI=1S/C12H24N2O3/c1-9(8-16-3)14-12(15)7-13-11-4-5-17-10(2)6-11/h9-11,13H,4-8H2,1-3H3,(H,14,15). The van der Waals surface area contributed by atoms with Gasteiger partial charge in [-0.1, -0.05) is 0 Å². The van der Waals surface area contributed by atoms with Gasteiger partial charge in [0.1, 0.15) is 0 Å². The first-order valence-electron chi connectivity index (χ1n) is 6.25.